The van der Waals surface area contributed by atoms with Crippen LogP contribution in [-0.2, 0) is 0 Å². The second-order valence-corrected chi connectivity index (χ2v) is 7.71. The van der Waals surface area contributed by atoms with Crippen LogP contribution in [0.4, 0.5) is 10.2 Å². The van der Waals surface area contributed by atoms with Crippen LogP contribution in [0.2, 0.25) is 0 Å². The number of carbonyl (C=O) groups is 1. The van der Waals surface area contributed by atoms with E-state index in [1.165, 1.54) is 6.07 Å². The van der Waals surface area contributed by atoms with Gasteiger partial charge in [0.1, 0.15) is 11.6 Å². The van der Waals surface area contributed by atoms with Gasteiger partial charge >= 0.3 is 0 Å². The van der Waals surface area contributed by atoms with Gasteiger partial charge in [0.05, 0.1) is 0 Å². The largest absolute Gasteiger partial charge is 0.353 e. The molecule has 1 aromatic heterocycles. The smallest absolute Gasteiger partial charge is 0.254 e. The summed E-state index contributed by atoms with van der Waals surface area (Å²) >= 11 is 0. The Kier molecular flexibility index (Phi) is 5.99. The minimum atomic E-state index is -0.238. The highest BCUT2D eigenvalue weighted by atomic mass is 19.1. The van der Waals surface area contributed by atoms with E-state index in [1.807, 2.05) is 48.2 Å². The maximum Gasteiger partial charge on any atom is 0.254 e. The van der Waals surface area contributed by atoms with E-state index >= 15 is 0 Å². The Bertz CT molecular complexity index is 1160. The molecule has 0 atom stereocenters. The lowest BCUT2D eigenvalue weighted by Crippen LogP contribution is -2.49. The number of hydrogen-bond acceptors (Lipinski definition) is 3. The molecule has 2 aromatic carbocycles. The van der Waals surface area contributed by atoms with Gasteiger partial charge in [0.2, 0.25) is 0 Å². The molecule has 0 saturated carbocycles. The minimum absolute atomic E-state index is 0.0151. The Labute approximate surface area is 182 Å². The summed E-state index contributed by atoms with van der Waals surface area (Å²) in [4.78, 5) is 21.5. The topological polar surface area (TPSA) is 36.4 Å². The van der Waals surface area contributed by atoms with Crippen molar-refractivity contribution >= 4 is 11.7 Å². The predicted molar refractivity (Wildman–Crippen MR) is 121 cm³/mol. The number of amides is 1. The first-order valence-corrected chi connectivity index (χ1v) is 10.4. The zero-order valence-corrected chi connectivity index (χ0v) is 17.7. The number of nitrogens with zero attached hydrogens (tertiary/aromatic N) is 3. The second kappa shape index (κ2) is 9.01. The Balaban J connectivity index is 1.47. The molecule has 3 aromatic rings. The molecule has 31 heavy (non-hydrogen) atoms. The van der Waals surface area contributed by atoms with Crippen LogP contribution < -0.4 is 4.90 Å². The average Bonchev–Trinajstić information content (AvgIpc) is 2.81. The molecule has 1 aliphatic rings. The number of aromatic nitrogens is 1. The molecule has 4 rings (SSSR count). The van der Waals surface area contributed by atoms with Gasteiger partial charge in [-0.2, -0.15) is 0 Å². The van der Waals surface area contributed by atoms with Crippen LogP contribution in [0.15, 0.2) is 60.8 Å². The van der Waals surface area contributed by atoms with Crippen molar-refractivity contribution in [1.82, 2.24) is 9.88 Å². The quantitative estimate of drug-likeness (QED) is 0.591. The first-order valence-electron chi connectivity index (χ1n) is 10.4. The van der Waals surface area contributed by atoms with Gasteiger partial charge in [0.15, 0.2) is 0 Å². The van der Waals surface area contributed by atoms with Crippen molar-refractivity contribution in [2.45, 2.75) is 13.8 Å². The van der Waals surface area contributed by atoms with Crippen molar-refractivity contribution in [2.75, 3.05) is 31.1 Å². The van der Waals surface area contributed by atoms with Crippen molar-refractivity contribution in [2.24, 2.45) is 0 Å². The van der Waals surface area contributed by atoms with E-state index in [4.69, 9.17) is 0 Å². The monoisotopic (exact) mass is 413 g/mol. The molecule has 5 heteroatoms. The lowest BCUT2D eigenvalue weighted by molar-refractivity contribution is 0.0746. The van der Waals surface area contributed by atoms with Crippen molar-refractivity contribution in [1.29, 1.82) is 0 Å². The SMILES string of the molecule is Cc1cc(C#Cc2cc(C(=O)N3CCN(c4ccccn4)CC3)ccc2C)ccc1F. The van der Waals surface area contributed by atoms with Gasteiger partial charge in [-0.1, -0.05) is 24.0 Å². The minimum Gasteiger partial charge on any atom is -0.353 e. The van der Waals surface area contributed by atoms with Gasteiger partial charge in [0.25, 0.3) is 5.91 Å². The van der Waals surface area contributed by atoms with Crippen molar-refractivity contribution in [3.05, 3.63) is 94.4 Å². The summed E-state index contributed by atoms with van der Waals surface area (Å²) in [5.41, 5.74) is 3.76. The molecule has 1 aliphatic heterocycles. The summed E-state index contributed by atoms with van der Waals surface area (Å²) in [6.07, 6.45) is 1.79. The van der Waals surface area contributed by atoms with Gasteiger partial charge in [-0.25, -0.2) is 9.37 Å². The summed E-state index contributed by atoms with van der Waals surface area (Å²) in [6, 6.07) is 16.3. The number of aryl methyl sites for hydroxylation is 2. The van der Waals surface area contributed by atoms with Crippen LogP contribution in [0.25, 0.3) is 0 Å². The molecule has 0 unspecified atom stereocenters. The fraction of sp³-hybridized carbons (Fsp3) is 0.231. The summed E-state index contributed by atoms with van der Waals surface area (Å²) in [5, 5.41) is 0. The summed E-state index contributed by atoms with van der Waals surface area (Å²) < 4.78 is 13.5. The lowest BCUT2D eigenvalue weighted by Gasteiger charge is -2.35. The molecule has 0 spiro atoms. The Morgan fingerprint density at radius 3 is 2.45 bits per heavy atom. The number of halogens is 1. The fourth-order valence-electron chi connectivity index (χ4n) is 3.61. The van der Waals surface area contributed by atoms with Crippen LogP contribution in [0, 0.1) is 31.5 Å². The molecule has 1 amide bonds. The molecule has 1 fully saturated rings. The van der Waals surface area contributed by atoms with Crippen LogP contribution in [0.1, 0.15) is 32.6 Å². The normalized spacial score (nSPS) is 13.5. The van der Waals surface area contributed by atoms with E-state index in [9.17, 15) is 9.18 Å². The highest BCUT2D eigenvalue weighted by molar-refractivity contribution is 5.95. The van der Waals surface area contributed by atoms with Gasteiger partial charge < -0.3 is 9.80 Å². The third-order valence-electron chi connectivity index (χ3n) is 5.52. The predicted octanol–water partition coefficient (Wildman–Crippen LogP) is 4.20. The van der Waals surface area contributed by atoms with E-state index < -0.39 is 0 Å². The zero-order chi connectivity index (χ0) is 21.8. The standard InChI is InChI=1S/C26H24FN3O/c1-19-6-9-23(18-22(19)10-7-21-8-11-24(27)20(2)17-21)26(31)30-15-13-29(14-16-30)25-5-3-4-12-28-25/h3-6,8-9,11-12,17-18H,13-16H2,1-2H3. The first-order chi connectivity index (χ1) is 15.0. The number of pyridine rings is 1. The number of piperazine rings is 1. The Morgan fingerprint density at radius 1 is 0.935 bits per heavy atom. The molecular weight excluding hydrogens is 389 g/mol. The fourth-order valence-corrected chi connectivity index (χ4v) is 3.61. The van der Waals surface area contributed by atoms with E-state index in [-0.39, 0.29) is 11.7 Å². The van der Waals surface area contributed by atoms with Gasteiger partial charge in [-0.15, -0.1) is 0 Å². The average molecular weight is 413 g/mol. The molecule has 1 saturated heterocycles. The van der Waals surface area contributed by atoms with Crippen LogP contribution in [-0.4, -0.2) is 42.0 Å². The summed E-state index contributed by atoms with van der Waals surface area (Å²) in [7, 11) is 0. The summed E-state index contributed by atoms with van der Waals surface area (Å²) in [6.45, 7) is 6.51. The second-order valence-electron chi connectivity index (χ2n) is 7.71. The van der Waals surface area contributed by atoms with E-state index in [0.29, 0.717) is 24.2 Å². The van der Waals surface area contributed by atoms with Gasteiger partial charge in [0, 0.05) is 49.1 Å². The highest BCUT2D eigenvalue weighted by Crippen LogP contribution is 2.17. The number of hydrogen-bond donors (Lipinski definition) is 0. The van der Waals surface area contributed by atoms with Crippen molar-refractivity contribution in [3.8, 4) is 11.8 Å². The number of carbonyl (C=O) groups excluding carboxylic acids is 1. The first kappa shape index (κ1) is 20.6. The van der Waals surface area contributed by atoms with Crippen molar-refractivity contribution in [3.63, 3.8) is 0 Å². The molecule has 0 N–H and O–H groups in total. The highest BCUT2D eigenvalue weighted by Gasteiger charge is 2.23. The van der Waals surface area contributed by atoms with Crippen molar-refractivity contribution < 1.29 is 9.18 Å². The van der Waals surface area contributed by atoms with E-state index in [1.54, 1.807) is 25.3 Å². The van der Waals surface area contributed by atoms with Gasteiger partial charge in [-0.05, 0) is 67.4 Å². The van der Waals surface area contributed by atoms with E-state index in [0.717, 1.165) is 35.6 Å². The molecule has 0 aliphatic carbocycles. The molecule has 156 valence electrons. The third kappa shape index (κ3) is 4.75. The van der Waals surface area contributed by atoms with Crippen LogP contribution in [0.5, 0.6) is 0 Å². The number of anilines is 1. The zero-order valence-electron chi connectivity index (χ0n) is 17.7. The Hall–Kier alpha value is -3.65. The maximum absolute atomic E-state index is 13.5. The maximum atomic E-state index is 13.5. The number of benzene rings is 2. The lowest BCUT2D eigenvalue weighted by atomic mass is 10.0. The Morgan fingerprint density at radius 2 is 1.74 bits per heavy atom. The van der Waals surface area contributed by atoms with Crippen LogP contribution >= 0.6 is 0 Å². The molecule has 2 heterocycles. The third-order valence-corrected chi connectivity index (χ3v) is 5.52. The molecule has 0 radical (unpaired) electrons. The number of rotatable bonds is 2. The molecule has 4 nitrogen and oxygen atoms in total. The van der Waals surface area contributed by atoms with E-state index in [2.05, 4.69) is 21.7 Å². The van der Waals surface area contributed by atoms with Crippen LogP contribution in [0.3, 0.4) is 0 Å². The summed E-state index contributed by atoms with van der Waals surface area (Å²) in [5.74, 6) is 6.95. The van der Waals surface area contributed by atoms with Gasteiger partial charge in [-0.3, -0.25) is 4.79 Å². The molecular formula is C26H24FN3O. The molecule has 0 bridgehead atoms.